The molecule has 5 rings (SSSR count). The number of aromatic nitrogens is 4. The number of anilines is 1. The van der Waals surface area contributed by atoms with Crippen LogP contribution in [0.2, 0.25) is 0 Å². The lowest BCUT2D eigenvalue weighted by atomic mass is 9.96. The summed E-state index contributed by atoms with van der Waals surface area (Å²) in [6.07, 6.45) is 0. The first-order valence-corrected chi connectivity index (χ1v) is 7.87. The maximum absolute atomic E-state index is 12.1. The molecule has 0 saturated carbocycles. The second kappa shape index (κ2) is 4.91. The van der Waals surface area contributed by atoms with Crippen LogP contribution in [-0.4, -0.2) is 19.9 Å². The van der Waals surface area contributed by atoms with E-state index in [0.29, 0.717) is 17.0 Å². The van der Waals surface area contributed by atoms with Gasteiger partial charge >= 0.3 is 0 Å². The molecule has 0 aliphatic heterocycles. The van der Waals surface area contributed by atoms with Crippen LogP contribution in [-0.2, 0) is 0 Å². The fraction of sp³-hybridized carbons (Fsp3) is 0. The maximum Gasteiger partial charge on any atom is 0.278 e. The van der Waals surface area contributed by atoms with E-state index in [1.165, 1.54) is 0 Å². The molecule has 0 spiro atoms. The van der Waals surface area contributed by atoms with Gasteiger partial charge in [0.15, 0.2) is 11.2 Å². The highest BCUT2D eigenvalue weighted by molar-refractivity contribution is 6.12. The fourth-order valence-electron chi connectivity index (χ4n) is 3.31. The van der Waals surface area contributed by atoms with Gasteiger partial charge < -0.3 is 10.7 Å². The van der Waals surface area contributed by atoms with Gasteiger partial charge in [0, 0.05) is 5.56 Å². The van der Waals surface area contributed by atoms with E-state index in [9.17, 15) is 4.79 Å². The molecule has 0 fully saturated rings. The first-order valence-electron chi connectivity index (χ1n) is 7.87. The van der Waals surface area contributed by atoms with E-state index in [4.69, 9.17) is 5.73 Å². The quantitative estimate of drug-likeness (QED) is 0.412. The van der Waals surface area contributed by atoms with Gasteiger partial charge in [-0.3, -0.25) is 9.78 Å². The number of nitrogen functional groups attached to an aromatic ring is 1. The monoisotopic (exact) mass is 327 g/mol. The van der Waals surface area contributed by atoms with Crippen LogP contribution in [0.25, 0.3) is 44.1 Å². The number of nitrogens with two attached hydrogens (primary N) is 1. The van der Waals surface area contributed by atoms with Gasteiger partial charge in [0.2, 0.25) is 5.95 Å². The third-order valence-electron chi connectivity index (χ3n) is 4.39. The van der Waals surface area contributed by atoms with Crippen LogP contribution in [0.3, 0.4) is 0 Å². The zero-order valence-corrected chi connectivity index (χ0v) is 13.1. The lowest BCUT2D eigenvalue weighted by Gasteiger charge is -2.09. The van der Waals surface area contributed by atoms with Crippen molar-refractivity contribution in [3.8, 4) is 11.4 Å². The van der Waals surface area contributed by atoms with Crippen LogP contribution >= 0.6 is 0 Å². The Morgan fingerprint density at radius 2 is 1.48 bits per heavy atom. The number of benzene rings is 3. The van der Waals surface area contributed by atoms with Crippen LogP contribution in [0.15, 0.2) is 59.4 Å². The Bertz CT molecular complexity index is 1280. The number of rotatable bonds is 1. The predicted octanol–water partition coefficient (Wildman–Crippen LogP) is 3.20. The number of nitrogens with one attached hydrogen (secondary N) is 2. The van der Waals surface area contributed by atoms with Gasteiger partial charge in [-0.25, -0.2) is 4.98 Å². The van der Waals surface area contributed by atoms with Crippen LogP contribution in [0, 0.1) is 0 Å². The van der Waals surface area contributed by atoms with E-state index in [-0.39, 0.29) is 11.5 Å². The minimum absolute atomic E-state index is 0.0540. The van der Waals surface area contributed by atoms with Crippen LogP contribution in [0.4, 0.5) is 5.95 Å². The van der Waals surface area contributed by atoms with Crippen LogP contribution in [0.1, 0.15) is 0 Å². The molecule has 120 valence electrons. The Kier molecular flexibility index (Phi) is 2.70. The molecule has 0 aliphatic rings. The topological polar surface area (TPSA) is 100 Å². The standard InChI is InChI=1S/C19H13N5O/c20-19-23-17-15(18(25)24-19)21-16(22-17)14-12-7-3-1-5-10(12)9-11-6-2-4-8-13(11)14/h1-9H,(H4,20,21,22,23,24,25). The second-order valence-corrected chi connectivity index (χ2v) is 5.93. The number of hydrogen-bond donors (Lipinski definition) is 3. The van der Waals surface area contributed by atoms with Gasteiger partial charge in [0.1, 0.15) is 5.82 Å². The Balaban J connectivity index is 1.96. The fourth-order valence-corrected chi connectivity index (χ4v) is 3.31. The van der Waals surface area contributed by atoms with Crippen LogP contribution in [0.5, 0.6) is 0 Å². The summed E-state index contributed by atoms with van der Waals surface area (Å²) in [5.74, 6) is 0.657. The molecule has 6 nitrogen and oxygen atoms in total. The van der Waals surface area contributed by atoms with Gasteiger partial charge in [0.25, 0.3) is 5.56 Å². The molecule has 25 heavy (non-hydrogen) atoms. The summed E-state index contributed by atoms with van der Waals surface area (Å²) in [6.45, 7) is 0. The molecule has 2 heterocycles. The largest absolute Gasteiger partial charge is 0.369 e. The molecule has 5 aromatic rings. The molecule has 0 bridgehead atoms. The summed E-state index contributed by atoms with van der Waals surface area (Å²) in [5, 5.41) is 4.34. The van der Waals surface area contributed by atoms with Crippen molar-refractivity contribution >= 4 is 38.7 Å². The summed E-state index contributed by atoms with van der Waals surface area (Å²) in [4.78, 5) is 26.4. The van der Waals surface area contributed by atoms with Crippen molar-refractivity contribution in [1.29, 1.82) is 0 Å². The van der Waals surface area contributed by atoms with E-state index in [1.54, 1.807) is 0 Å². The summed E-state index contributed by atoms with van der Waals surface area (Å²) >= 11 is 0. The Labute approximate surface area is 141 Å². The average molecular weight is 327 g/mol. The molecule has 0 atom stereocenters. The summed E-state index contributed by atoms with van der Waals surface area (Å²) in [6, 6.07) is 18.4. The number of hydrogen-bond acceptors (Lipinski definition) is 4. The van der Waals surface area contributed by atoms with Gasteiger partial charge in [0.05, 0.1) is 0 Å². The molecule has 4 N–H and O–H groups in total. The van der Waals surface area contributed by atoms with E-state index < -0.39 is 0 Å². The predicted molar refractivity (Wildman–Crippen MR) is 99.4 cm³/mol. The number of imidazole rings is 1. The van der Waals surface area contributed by atoms with E-state index in [1.807, 2.05) is 24.3 Å². The number of aromatic amines is 2. The zero-order valence-electron chi connectivity index (χ0n) is 13.1. The molecular formula is C19H13N5O. The molecule has 0 amide bonds. The van der Waals surface area contributed by atoms with Crippen molar-refractivity contribution < 1.29 is 0 Å². The van der Waals surface area contributed by atoms with E-state index >= 15 is 0 Å². The highest BCUT2D eigenvalue weighted by atomic mass is 16.1. The SMILES string of the molecule is Nc1nc2nc(-c3c4ccccc4cc4ccccc34)[nH]c2c(=O)[nH]1. The Morgan fingerprint density at radius 3 is 2.16 bits per heavy atom. The van der Waals surface area contributed by atoms with Crippen molar-refractivity contribution in [2.75, 3.05) is 5.73 Å². The van der Waals surface area contributed by atoms with Crippen molar-refractivity contribution in [3.05, 3.63) is 65.0 Å². The van der Waals surface area contributed by atoms with E-state index in [0.717, 1.165) is 27.1 Å². The average Bonchev–Trinajstić information content (AvgIpc) is 3.03. The third kappa shape index (κ3) is 2.01. The zero-order chi connectivity index (χ0) is 17.0. The number of fused-ring (bicyclic) bond motifs is 3. The molecule has 0 aliphatic carbocycles. The van der Waals surface area contributed by atoms with Crippen molar-refractivity contribution in [2.45, 2.75) is 0 Å². The Hall–Kier alpha value is -3.67. The third-order valence-corrected chi connectivity index (χ3v) is 4.39. The van der Waals surface area contributed by atoms with Crippen molar-refractivity contribution in [2.24, 2.45) is 0 Å². The minimum Gasteiger partial charge on any atom is -0.369 e. The Morgan fingerprint density at radius 1 is 0.840 bits per heavy atom. The molecule has 3 aromatic carbocycles. The second-order valence-electron chi connectivity index (χ2n) is 5.93. The van der Waals surface area contributed by atoms with Crippen molar-refractivity contribution in [3.63, 3.8) is 0 Å². The van der Waals surface area contributed by atoms with Gasteiger partial charge in [-0.2, -0.15) is 4.98 Å². The maximum atomic E-state index is 12.1. The molecule has 0 unspecified atom stereocenters. The molecule has 0 saturated heterocycles. The molecule has 0 radical (unpaired) electrons. The highest BCUT2D eigenvalue weighted by Crippen LogP contribution is 2.35. The smallest absolute Gasteiger partial charge is 0.278 e. The first kappa shape index (κ1) is 13.7. The number of H-pyrrole nitrogens is 2. The van der Waals surface area contributed by atoms with Crippen LogP contribution < -0.4 is 11.3 Å². The van der Waals surface area contributed by atoms with Gasteiger partial charge in [-0.15, -0.1) is 0 Å². The van der Waals surface area contributed by atoms with E-state index in [2.05, 4.69) is 50.3 Å². The summed E-state index contributed by atoms with van der Waals surface area (Å²) in [7, 11) is 0. The highest BCUT2D eigenvalue weighted by Gasteiger charge is 2.15. The van der Waals surface area contributed by atoms with Gasteiger partial charge in [-0.05, 0) is 27.6 Å². The van der Waals surface area contributed by atoms with Gasteiger partial charge in [-0.1, -0.05) is 48.5 Å². The first-order chi connectivity index (χ1) is 12.2. The molecular weight excluding hydrogens is 314 g/mol. The lowest BCUT2D eigenvalue weighted by molar-refractivity contribution is 1.17. The number of nitrogens with zero attached hydrogens (tertiary/aromatic N) is 2. The summed E-state index contributed by atoms with van der Waals surface area (Å²) in [5.41, 5.74) is 6.89. The van der Waals surface area contributed by atoms with Crippen molar-refractivity contribution in [1.82, 2.24) is 19.9 Å². The lowest BCUT2D eigenvalue weighted by Crippen LogP contribution is -2.10. The molecule has 2 aromatic heterocycles. The minimum atomic E-state index is -0.328. The normalized spacial score (nSPS) is 11.5. The summed E-state index contributed by atoms with van der Waals surface area (Å²) < 4.78 is 0. The molecule has 6 heteroatoms.